The highest BCUT2D eigenvalue weighted by atomic mass is 19.1. The number of hydrogen-bond donors (Lipinski definition) is 3. The van der Waals surface area contributed by atoms with E-state index in [4.69, 9.17) is 0 Å². The predicted molar refractivity (Wildman–Crippen MR) is 121 cm³/mol. The minimum Gasteiger partial charge on any atom is -0.358 e. The van der Waals surface area contributed by atoms with Gasteiger partial charge in [-0.05, 0) is 32.9 Å². The molecule has 0 aliphatic carbocycles. The molecule has 1 atom stereocenters. The highest BCUT2D eigenvalue weighted by Crippen LogP contribution is 2.20. The lowest BCUT2D eigenvalue weighted by Crippen LogP contribution is -2.40. The largest absolute Gasteiger partial charge is 0.358 e. The number of nitrogens with zero attached hydrogens (tertiary/aromatic N) is 4. The van der Waals surface area contributed by atoms with Gasteiger partial charge in [-0.25, -0.2) is 9.97 Å². The number of aromatic nitrogens is 3. The van der Waals surface area contributed by atoms with Crippen LogP contribution in [-0.2, 0) is 4.79 Å². The van der Waals surface area contributed by atoms with Gasteiger partial charge in [-0.15, -0.1) is 0 Å². The third-order valence-corrected chi connectivity index (χ3v) is 4.50. The van der Waals surface area contributed by atoms with Gasteiger partial charge in [-0.1, -0.05) is 18.8 Å². The van der Waals surface area contributed by atoms with Crippen LogP contribution in [0, 0.1) is 17.8 Å². The molecule has 8 nitrogen and oxygen atoms in total. The first-order valence-corrected chi connectivity index (χ1v) is 10.3. The third kappa shape index (κ3) is 7.83. The number of pyridine rings is 1. The molecule has 3 N–H and O–H groups in total. The lowest BCUT2D eigenvalue weighted by atomic mass is 10.2. The van der Waals surface area contributed by atoms with Crippen LogP contribution in [0.2, 0.25) is 0 Å². The van der Waals surface area contributed by atoms with Crippen LogP contribution in [0.25, 0.3) is 0 Å². The molecule has 2 aromatic rings. The van der Waals surface area contributed by atoms with E-state index in [1.54, 1.807) is 19.3 Å². The monoisotopic (exact) mass is 427 g/mol. The van der Waals surface area contributed by atoms with Crippen LogP contribution in [0.1, 0.15) is 38.7 Å². The van der Waals surface area contributed by atoms with Gasteiger partial charge in [0.15, 0.2) is 0 Å². The number of rotatable bonds is 10. The van der Waals surface area contributed by atoms with Crippen molar-refractivity contribution >= 4 is 23.4 Å². The van der Waals surface area contributed by atoms with Crippen LogP contribution in [0.15, 0.2) is 24.5 Å². The molecule has 0 spiro atoms. The van der Waals surface area contributed by atoms with E-state index in [1.165, 1.54) is 12.3 Å². The molecule has 31 heavy (non-hydrogen) atoms. The van der Waals surface area contributed by atoms with Crippen molar-refractivity contribution in [3.63, 3.8) is 0 Å². The van der Waals surface area contributed by atoms with Crippen LogP contribution in [0.4, 0.5) is 21.8 Å². The molecule has 0 saturated heterocycles. The van der Waals surface area contributed by atoms with Gasteiger partial charge in [0.05, 0.1) is 17.8 Å². The fraction of sp³-hybridized carbons (Fsp3) is 0.455. The Morgan fingerprint density at radius 3 is 2.87 bits per heavy atom. The Hall–Kier alpha value is -3.25. The molecule has 0 aliphatic heterocycles. The van der Waals surface area contributed by atoms with Crippen molar-refractivity contribution in [2.75, 3.05) is 37.4 Å². The zero-order valence-corrected chi connectivity index (χ0v) is 18.5. The van der Waals surface area contributed by atoms with Crippen LogP contribution in [-0.4, -0.2) is 54.1 Å². The van der Waals surface area contributed by atoms with Crippen LogP contribution < -0.4 is 20.9 Å². The number of carbonyl (C=O) groups excluding carboxylic acids is 1. The van der Waals surface area contributed by atoms with E-state index in [0.29, 0.717) is 30.4 Å². The minimum atomic E-state index is -0.576. The molecule has 0 aliphatic rings. The van der Waals surface area contributed by atoms with Crippen molar-refractivity contribution < 1.29 is 9.18 Å². The van der Waals surface area contributed by atoms with E-state index < -0.39 is 5.95 Å². The van der Waals surface area contributed by atoms with E-state index >= 15 is 0 Å². The smallest absolute Gasteiger partial charge is 0.236 e. The molecule has 0 unspecified atom stereocenters. The first-order valence-electron chi connectivity index (χ1n) is 10.3. The van der Waals surface area contributed by atoms with Gasteiger partial charge in [0, 0.05) is 44.5 Å². The fourth-order valence-electron chi connectivity index (χ4n) is 2.69. The van der Waals surface area contributed by atoms with Crippen molar-refractivity contribution in [1.82, 2.24) is 25.6 Å². The lowest BCUT2D eigenvalue weighted by Gasteiger charge is -2.19. The highest BCUT2D eigenvalue weighted by molar-refractivity contribution is 5.81. The SMILES string of the molecule is CCCN(C)c1nc(Nc2ccnc(F)c2)ncc1C#CCCCNC(=O)[C@H](C)NC. The zero-order valence-electron chi connectivity index (χ0n) is 18.5. The maximum Gasteiger partial charge on any atom is 0.236 e. The summed E-state index contributed by atoms with van der Waals surface area (Å²) in [5.74, 6) is 6.73. The summed E-state index contributed by atoms with van der Waals surface area (Å²) >= 11 is 0. The average molecular weight is 428 g/mol. The van der Waals surface area contributed by atoms with Crippen molar-refractivity contribution in [2.24, 2.45) is 0 Å². The Labute approximate surface area is 183 Å². The Morgan fingerprint density at radius 1 is 1.35 bits per heavy atom. The number of unbranched alkanes of at least 4 members (excludes halogenated alkanes) is 1. The summed E-state index contributed by atoms with van der Waals surface area (Å²) in [6, 6.07) is 2.71. The molecular weight excluding hydrogens is 397 g/mol. The van der Waals surface area contributed by atoms with Crippen molar-refractivity contribution in [1.29, 1.82) is 0 Å². The van der Waals surface area contributed by atoms with E-state index in [-0.39, 0.29) is 11.9 Å². The summed E-state index contributed by atoms with van der Waals surface area (Å²) in [6.45, 7) is 5.28. The van der Waals surface area contributed by atoms with Crippen LogP contribution in [0.5, 0.6) is 0 Å². The number of amides is 1. The molecule has 0 aromatic carbocycles. The Balaban J connectivity index is 2.05. The first kappa shape index (κ1) is 24.0. The second-order valence-corrected chi connectivity index (χ2v) is 7.05. The second kappa shape index (κ2) is 12.4. The molecule has 0 fully saturated rings. The van der Waals surface area contributed by atoms with Gasteiger partial charge in [0.25, 0.3) is 0 Å². The topological polar surface area (TPSA) is 95.1 Å². The molecule has 166 valence electrons. The standard InChI is InChI=1S/C22H30FN7O/c1-5-13-30(4)20-17(9-7-6-8-11-26-21(31)16(2)24-3)15-27-22(29-20)28-18-10-12-25-19(23)14-18/h10,12,14-16,24H,5-6,8,11,13H2,1-4H3,(H,26,31)(H,25,27,28,29)/t16-/m0/s1. The predicted octanol–water partition coefficient (Wildman–Crippen LogP) is 2.46. The molecular formula is C22H30FN7O. The van der Waals surface area contributed by atoms with Gasteiger partial charge in [0.2, 0.25) is 17.8 Å². The molecule has 2 aromatic heterocycles. The van der Waals surface area contributed by atoms with Gasteiger partial charge >= 0.3 is 0 Å². The van der Waals surface area contributed by atoms with Gasteiger partial charge < -0.3 is 20.9 Å². The highest BCUT2D eigenvalue weighted by Gasteiger charge is 2.11. The molecule has 9 heteroatoms. The fourth-order valence-corrected chi connectivity index (χ4v) is 2.69. The number of likely N-dealkylation sites (N-methyl/N-ethyl adjacent to an activating group) is 1. The summed E-state index contributed by atoms with van der Waals surface area (Å²) < 4.78 is 13.3. The summed E-state index contributed by atoms with van der Waals surface area (Å²) in [5, 5.41) is 8.77. The second-order valence-electron chi connectivity index (χ2n) is 7.05. The van der Waals surface area contributed by atoms with Crippen molar-refractivity contribution in [3.05, 3.63) is 36.0 Å². The first-order chi connectivity index (χ1) is 14.9. The maximum atomic E-state index is 13.3. The number of hydrogen-bond acceptors (Lipinski definition) is 7. The summed E-state index contributed by atoms with van der Waals surface area (Å²) in [6.07, 6.45) is 5.39. The summed E-state index contributed by atoms with van der Waals surface area (Å²) in [7, 11) is 3.70. The van der Waals surface area contributed by atoms with Gasteiger partial charge in [0.1, 0.15) is 5.82 Å². The van der Waals surface area contributed by atoms with Crippen LogP contribution in [0.3, 0.4) is 0 Å². The van der Waals surface area contributed by atoms with E-state index in [2.05, 4.69) is 49.7 Å². The molecule has 2 heterocycles. The number of carbonyl (C=O) groups is 1. The molecule has 0 radical (unpaired) electrons. The van der Waals surface area contributed by atoms with E-state index in [0.717, 1.165) is 24.9 Å². The minimum absolute atomic E-state index is 0.0236. The van der Waals surface area contributed by atoms with Crippen molar-refractivity contribution in [2.45, 2.75) is 39.2 Å². The summed E-state index contributed by atoms with van der Waals surface area (Å²) in [4.78, 5) is 26.2. The quantitative estimate of drug-likeness (QED) is 0.305. The third-order valence-electron chi connectivity index (χ3n) is 4.50. The van der Waals surface area contributed by atoms with E-state index in [1.807, 2.05) is 18.9 Å². The lowest BCUT2D eigenvalue weighted by molar-refractivity contribution is -0.122. The zero-order chi connectivity index (χ0) is 22.6. The number of halogens is 1. The van der Waals surface area contributed by atoms with Gasteiger partial charge in [-0.3, -0.25) is 4.79 Å². The Morgan fingerprint density at radius 2 is 2.16 bits per heavy atom. The molecule has 0 saturated carbocycles. The number of anilines is 3. The van der Waals surface area contributed by atoms with Crippen molar-refractivity contribution in [3.8, 4) is 11.8 Å². The van der Waals surface area contributed by atoms with Gasteiger partial charge in [-0.2, -0.15) is 9.37 Å². The van der Waals surface area contributed by atoms with E-state index in [9.17, 15) is 9.18 Å². The Kier molecular flexibility index (Phi) is 9.65. The maximum absolute atomic E-state index is 13.3. The molecule has 1 amide bonds. The number of nitrogens with one attached hydrogen (secondary N) is 3. The van der Waals surface area contributed by atoms with Crippen LogP contribution >= 0.6 is 0 Å². The summed E-state index contributed by atoms with van der Waals surface area (Å²) in [5.41, 5.74) is 1.24. The molecule has 2 rings (SSSR count). The molecule has 0 bridgehead atoms. The average Bonchev–Trinajstić information content (AvgIpc) is 2.76. The Bertz CT molecular complexity index is 926. The normalized spacial score (nSPS) is 11.3.